The summed E-state index contributed by atoms with van der Waals surface area (Å²) in [6, 6.07) is 5.67. The van der Waals surface area contributed by atoms with Crippen LogP contribution >= 0.6 is 56.1 Å². The molecule has 1 saturated heterocycles. The van der Waals surface area contributed by atoms with Gasteiger partial charge in [-0.15, -0.1) is 17.0 Å². The van der Waals surface area contributed by atoms with Crippen molar-refractivity contribution in [2.24, 2.45) is 10.9 Å². The number of hydrogen-bond acceptors (Lipinski definition) is 1. The number of amidine groups is 1. The highest BCUT2D eigenvalue weighted by Crippen LogP contribution is 2.28. The van der Waals surface area contributed by atoms with Crippen molar-refractivity contribution in [3.63, 3.8) is 0 Å². The van der Waals surface area contributed by atoms with Gasteiger partial charge in [-0.1, -0.05) is 45.2 Å². The fraction of sp³-hybridized carbons (Fsp3) is 0.462. The van der Waals surface area contributed by atoms with Gasteiger partial charge in [0.05, 0.1) is 12.4 Å². The van der Waals surface area contributed by atoms with Gasteiger partial charge in [0, 0.05) is 28.3 Å². The SMILES string of the molecule is Br.Clc1cccc(Cl)c1CC1CNC(=NCCBr)C1. The standard InChI is InChI=1S/C13H15BrCl2N2.BrH/c14-4-5-17-13-7-9(8-18-13)6-10-11(15)2-1-3-12(10)16;/h1-3,9H,4-8H2,(H,17,18);1H. The summed E-state index contributed by atoms with van der Waals surface area (Å²) < 4.78 is 0. The highest BCUT2D eigenvalue weighted by atomic mass is 79.9. The summed E-state index contributed by atoms with van der Waals surface area (Å²) in [5.74, 6) is 1.62. The average Bonchev–Trinajstić information content (AvgIpc) is 2.79. The molecule has 19 heavy (non-hydrogen) atoms. The van der Waals surface area contributed by atoms with E-state index in [4.69, 9.17) is 23.2 Å². The Morgan fingerprint density at radius 2 is 2.00 bits per heavy atom. The second-order valence-corrected chi connectivity index (χ2v) is 5.98. The number of benzene rings is 1. The molecule has 1 fully saturated rings. The lowest BCUT2D eigenvalue weighted by atomic mass is 9.98. The van der Waals surface area contributed by atoms with E-state index in [1.807, 2.05) is 18.2 Å². The first kappa shape index (κ1) is 17.3. The van der Waals surface area contributed by atoms with Crippen molar-refractivity contribution in [2.75, 3.05) is 18.4 Å². The summed E-state index contributed by atoms with van der Waals surface area (Å²) >= 11 is 15.7. The minimum Gasteiger partial charge on any atom is -0.374 e. The number of halogens is 4. The third-order valence-corrected chi connectivity index (χ3v) is 4.08. The van der Waals surface area contributed by atoms with E-state index in [1.165, 1.54) is 0 Å². The second-order valence-electron chi connectivity index (χ2n) is 4.37. The zero-order valence-corrected chi connectivity index (χ0v) is 15.1. The molecule has 0 amide bonds. The monoisotopic (exact) mass is 428 g/mol. The van der Waals surface area contributed by atoms with E-state index in [0.29, 0.717) is 5.92 Å². The van der Waals surface area contributed by atoms with Crippen LogP contribution in [0.2, 0.25) is 10.0 Å². The van der Waals surface area contributed by atoms with E-state index >= 15 is 0 Å². The predicted molar refractivity (Wildman–Crippen MR) is 92.7 cm³/mol. The molecule has 0 aliphatic carbocycles. The third kappa shape index (κ3) is 4.92. The van der Waals surface area contributed by atoms with Gasteiger partial charge < -0.3 is 5.32 Å². The molecule has 2 rings (SSSR count). The van der Waals surface area contributed by atoms with Crippen LogP contribution in [0.3, 0.4) is 0 Å². The largest absolute Gasteiger partial charge is 0.374 e. The number of nitrogens with zero attached hydrogens (tertiary/aromatic N) is 1. The van der Waals surface area contributed by atoms with Crippen LogP contribution in [0.25, 0.3) is 0 Å². The molecule has 1 heterocycles. The molecule has 1 N–H and O–H groups in total. The molecule has 1 aromatic carbocycles. The Balaban J connectivity index is 0.00000180. The molecule has 1 aromatic rings. The first-order chi connectivity index (χ1) is 8.70. The van der Waals surface area contributed by atoms with Crippen LogP contribution in [0.15, 0.2) is 23.2 Å². The fourth-order valence-corrected chi connectivity index (χ4v) is 2.87. The van der Waals surface area contributed by atoms with Gasteiger partial charge in [0.25, 0.3) is 0 Å². The predicted octanol–water partition coefficient (Wildman–Crippen LogP) is 4.52. The van der Waals surface area contributed by atoms with E-state index in [9.17, 15) is 0 Å². The number of aliphatic imine (C=N–C) groups is 1. The van der Waals surface area contributed by atoms with Crippen LogP contribution in [-0.2, 0) is 6.42 Å². The maximum absolute atomic E-state index is 6.19. The molecule has 0 saturated carbocycles. The topological polar surface area (TPSA) is 24.4 Å². The molecule has 1 unspecified atom stereocenters. The Morgan fingerprint density at radius 3 is 2.63 bits per heavy atom. The Kier molecular flexibility index (Phi) is 7.73. The lowest BCUT2D eigenvalue weighted by Crippen LogP contribution is -2.15. The van der Waals surface area contributed by atoms with E-state index in [-0.39, 0.29) is 17.0 Å². The normalized spacial score (nSPS) is 20.2. The van der Waals surface area contributed by atoms with E-state index < -0.39 is 0 Å². The number of nitrogens with one attached hydrogen (secondary N) is 1. The zero-order chi connectivity index (χ0) is 13.0. The molecular weight excluding hydrogens is 415 g/mol. The smallest absolute Gasteiger partial charge is 0.0967 e. The van der Waals surface area contributed by atoms with Gasteiger partial charge in [0.1, 0.15) is 0 Å². The van der Waals surface area contributed by atoms with Gasteiger partial charge in [0.2, 0.25) is 0 Å². The highest BCUT2D eigenvalue weighted by Gasteiger charge is 2.22. The van der Waals surface area contributed by atoms with E-state index in [0.717, 1.165) is 52.7 Å². The van der Waals surface area contributed by atoms with Crippen LogP contribution in [0.1, 0.15) is 12.0 Å². The average molecular weight is 431 g/mol. The minimum atomic E-state index is 0. The van der Waals surface area contributed by atoms with Crippen LogP contribution in [0, 0.1) is 5.92 Å². The second kappa shape index (κ2) is 8.50. The summed E-state index contributed by atoms with van der Waals surface area (Å²) in [5, 5.41) is 5.76. The van der Waals surface area contributed by atoms with Crippen molar-refractivity contribution in [1.82, 2.24) is 5.32 Å². The van der Waals surface area contributed by atoms with E-state index in [2.05, 4.69) is 26.2 Å². The van der Waals surface area contributed by atoms with E-state index in [1.54, 1.807) is 0 Å². The van der Waals surface area contributed by atoms with Gasteiger partial charge in [0.15, 0.2) is 0 Å². The first-order valence-electron chi connectivity index (χ1n) is 5.96. The van der Waals surface area contributed by atoms with Gasteiger partial charge in [-0.25, -0.2) is 0 Å². The van der Waals surface area contributed by atoms with Gasteiger partial charge >= 0.3 is 0 Å². The summed E-state index contributed by atoms with van der Waals surface area (Å²) in [4.78, 5) is 4.47. The van der Waals surface area contributed by atoms with Crippen molar-refractivity contribution < 1.29 is 0 Å². The maximum Gasteiger partial charge on any atom is 0.0967 e. The maximum atomic E-state index is 6.19. The highest BCUT2D eigenvalue weighted by molar-refractivity contribution is 9.09. The molecule has 0 radical (unpaired) electrons. The van der Waals surface area contributed by atoms with Crippen molar-refractivity contribution in [3.05, 3.63) is 33.8 Å². The van der Waals surface area contributed by atoms with Gasteiger partial charge in [-0.3, -0.25) is 4.99 Å². The Morgan fingerprint density at radius 1 is 1.32 bits per heavy atom. The van der Waals surface area contributed by atoms with Crippen molar-refractivity contribution >= 4 is 61.9 Å². The summed E-state index contributed by atoms with van der Waals surface area (Å²) in [7, 11) is 0. The minimum absolute atomic E-state index is 0. The molecule has 6 heteroatoms. The quantitative estimate of drug-likeness (QED) is 0.698. The third-order valence-electron chi connectivity index (χ3n) is 3.02. The molecular formula is C13H16Br2Cl2N2. The van der Waals surface area contributed by atoms with Crippen LogP contribution in [0.4, 0.5) is 0 Å². The fourth-order valence-electron chi connectivity index (χ4n) is 2.14. The molecule has 1 atom stereocenters. The lowest BCUT2D eigenvalue weighted by molar-refractivity contribution is 0.585. The molecule has 0 spiro atoms. The lowest BCUT2D eigenvalue weighted by Gasteiger charge is -2.10. The summed E-state index contributed by atoms with van der Waals surface area (Å²) in [5.41, 5.74) is 1.05. The van der Waals surface area contributed by atoms with Crippen LogP contribution in [-0.4, -0.2) is 24.3 Å². The molecule has 1 aliphatic rings. The molecule has 1 aliphatic heterocycles. The number of rotatable bonds is 4. The Bertz CT molecular complexity index is 432. The number of alkyl halides is 1. The Hall–Kier alpha value is 0.230. The molecule has 2 nitrogen and oxygen atoms in total. The summed E-state index contributed by atoms with van der Waals surface area (Å²) in [6.45, 7) is 1.77. The van der Waals surface area contributed by atoms with Crippen molar-refractivity contribution in [2.45, 2.75) is 12.8 Å². The zero-order valence-electron chi connectivity index (χ0n) is 10.3. The molecule has 0 aromatic heterocycles. The van der Waals surface area contributed by atoms with Crippen LogP contribution < -0.4 is 5.32 Å². The van der Waals surface area contributed by atoms with Gasteiger partial charge in [-0.05, 0) is 30.0 Å². The van der Waals surface area contributed by atoms with Crippen molar-refractivity contribution in [1.29, 1.82) is 0 Å². The molecule has 106 valence electrons. The van der Waals surface area contributed by atoms with Gasteiger partial charge in [-0.2, -0.15) is 0 Å². The van der Waals surface area contributed by atoms with Crippen LogP contribution in [0.5, 0.6) is 0 Å². The first-order valence-corrected chi connectivity index (χ1v) is 7.84. The molecule has 0 bridgehead atoms. The summed E-state index contributed by atoms with van der Waals surface area (Å²) in [6.07, 6.45) is 1.88. The Labute approximate surface area is 142 Å². The number of hydrogen-bond donors (Lipinski definition) is 1. The van der Waals surface area contributed by atoms with Crippen molar-refractivity contribution in [3.8, 4) is 0 Å².